The number of hydrogen-bond acceptors (Lipinski definition) is 4. The summed E-state index contributed by atoms with van der Waals surface area (Å²) in [7, 11) is 0. The quantitative estimate of drug-likeness (QED) is 0.763. The lowest BCUT2D eigenvalue weighted by Crippen LogP contribution is -1.93. The number of anilines is 1. The highest BCUT2D eigenvalue weighted by molar-refractivity contribution is 5.78. The van der Waals surface area contributed by atoms with Gasteiger partial charge in [0.1, 0.15) is 5.82 Å². The third-order valence-electron chi connectivity index (χ3n) is 2.03. The van der Waals surface area contributed by atoms with E-state index < -0.39 is 0 Å². The Kier molecular flexibility index (Phi) is 2.60. The van der Waals surface area contributed by atoms with Crippen LogP contribution in [-0.2, 0) is 0 Å². The van der Waals surface area contributed by atoms with Crippen LogP contribution in [0.2, 0.25) is 0 Å². The van der Waals surface area contributed by atoms with Crippen LogP contribution in [0.4, 0.5) is 5.82 Å². The molecule has 0 atom stereocenters. The van der Waals surface area contributed by atoms with E-state index in [4.69, 9.17) is 11.5 Å². The summed E-state index contributed by atoms with van der Waals surface area (Å²) < 4.78 is 0. The minimum atomic E-state index is 0.438. The summed E-state index contributed by atoms with van der Waals surface area (Å²) in [5.41, 5.74) is 13.6. The van der Waals surface area contributed by atoms with E-state index in [2.05, 4.69) is 9.97 Å². The molecule has 0 radical (unpaired) electrons. The largest absolute Gasteiger partial charge is 0.382 e. The van der Waals surface area contributed by atoms with Gasteiger partial charge in [0.25, 0.3) is 0 Å². The van der Waals surface area contributed by atoms with Crippen molar-refractivity contribution in [1.82, 2.24) is 9.97 Å². The van der Waals surface area contributed by atoms with Crippen LogP contribution in [0.25, 0.3) is 17.1 Å². The zero-order valence-electron chi connectivity index (χ0n) is 8.22. The number of benzene rings is 1. The monoisotopic (exact) mass is 200 g/mol. The van der Waals surface area contributed by atoms with Crippen LogP contribution in [0.1, 0.15) is 5.56 Å². The van der Waals surface area contributed by atoms with Crippen LogP contribution in [0.15, 0.2) is 30.5 Å². The van der Waals surface area contributed by atoms with Crippen molar-refractivity contribution in [2.45, 2.75) is 0 Å². The molecule has 0 spiro atoms. The first kappa shape index (κ1) is 9.61. The molecule has 2 aromatic rings. The molecule has 15 heavy (non-hydrogen) atoms. The highest BCUT2D eigenvalue weighted by Gasteiger charge is 1.97. The number of hydrogen-bond donors (Lipinski definition) is 2. The van der Waals surface area contributed by atoms with Gasteiger partial charge in [-0.05, 0) is 17.7 Å². The second-order valence-corrected chi connectivity index (χ2v) is 3.18. The molecule has 0 amide bonds. The second-order valence-electron chi connectivity index (χ2n) is 3.18. The summed E-state index contributed by atoms with van der Waals surface area (Å²) in [6.07, 6.45) is 5.40. The molecular weight excluding hydrogens is 188 g/mol. The fourth-order valence-corrected chi connectivity index (χ4v) is 1.35. The number of rotatable bonds is 2. The Balaban J connectivity index is 2.47. The zero-order chi connectivity index (χ0) is 10.7. The first-order chi connectivity index (χ1) is 7.29. The fourth-order valence-electron chi connectivity index (χ4n) is 1.35. The third-order valence-corrected chi connectivity index (χ3v) is 2.03. The van der Waals surface area contributed by atoms with Gasteiger partial charge in [0.2, 0.25) is 0 Å². The molecule has 0 aliphatic carbocycles. The summed E-state index contributed by atoms with van der Waals surface area (Å²) in [5, 5.41) is 0. The standard InChI is InChI=1S/C11H12N4/c12-5-1-2-8-3-4-9-10(6-8)14-7-11(13)15-9/h1-4,6-7H,5,12H2,(H2,13,15)/b2-1+. The predicted octanol–water partition coefficient (Wildman–Crippen LogP) is 1.18. The number of aromatic nitrogens is 2. The van der Waals surface area contributed by atoms with Gasteiger partial charge in [0.15, 0.2) is 0 Å². The van der Waals surface area contributed by atoms with E-state index in [1.807, 2.05) is 30.4 Å². The van der Waals surface area contributed by atoms with Crippen molar-refractivity contribution < 1.29 is 0 Å². The summed E-state index contributed by atoms with van der Waals surface area (Å²) >= 11 is 0. The number of nitrogen functional groups attached to an aromatic ring is 1. The molecule has 0 fully saturated rings. The van der Waals surface area contributed by atoms with E-state index in [-0.39, 0.29) is 0 Å². The number of nitrogens with zero attached hydrogens (tertiary/aromatic N) is 2. The van der Waals surface area contributed by atoms with Crippen molar-refractivity contribution in [3.8, 4) is 0 Å². The van der Waals surface area contributed by atoms with E-state index in [1.54, 1.807) is 6.20 Å². The average Bonchev–Trinajstić information content (AvgIpc) is 2.26. The number of fused-ring (bicyclic) bond motifs is 1. The van der Waals surface area contributed by atoms with E-state index >= 15 is 0 Å². The molecule has 0 aliphatic heterocycles. The van der Waals surface area contributed by atoms with Crippen LogP contribution < -0.4 is 11.5 Å². The lowest BCUT2D eigenvalue weighted by Gasteiger charge is -1.99. The fraction of sp³-hybridized carbons (Fsp3) is 0.0909. The Bertz CT molecular complexity index is 505. The summed E-state index contributed by atoms with van der Waals surface area (Å²) in [6, 6.07) is 5.81. The van der Waals surface area contributed by atoms with Gasteiger partial charge in [-0.3, -0.25) is 4.98 Å². The molecule has 1 aromatic carbocycles. The molecule has 0 unspecified atom stereocenters. The van der Waals surface area contributed by atoms with E-state index in [1.165, 1.54) is 0 Å². The average molecular weight is 200 g/mol. The lowest BCUT2D eigenvalue weighted by molar-refractivity contribution is 1.26. The highest BCUT2D eigenvalue weighted by Crippen LogP contribution is 2.13. The van der Waals surface area contributed by atoms with Gasteiger partial charge >= 0.3 is 0 Å². The molecule has 76 valence electrons. The van der Waals surface area contributed by atoms with Crippen LogP contribution in [-0.4, -0.2) is 16.5 Å². The van der Waals surface area contributed by atoms with Crippen LogP contribution >= 0.6 is 0 Å². The molecule has 1 heterocycles. The molecule has 0 saturated heterocycles. The normalized spacial score (nSPS) is 11.3. The molecule has 4 nitrogen and oxygen atoms in total. The third kappa shape index (κ3) is 2.11. The molecule has 0 bridgehead atoms. The van der Waals surface area contributed by atoms with Crippen molar-refractivity contribution in [3.05, 3.63) is 36.0 Å². The minimum Gasteiger partial charge on any atom is -0.382 e. The first-order valence-corrected chi connectivity index (χ1v) is 4.68. The molecule has 1 aromatic heterocycles. The summed E-state index contributed by atoms with van der Waals surface area (Å²) in [6.45, 7) is 0.533. The maximum Gasteiger partial charge on any atom is 0.142 e. The molecular formula is C11H12N4. The predicted molar refractivity (Wildman–Crippen MR) is 62.0 cm³/mol. The molecule has 0 aliphatic rings. The second kappa shape index (κ2) is 4.06. The maximum atomic E-state index is 5.54. The van der Waals surface area contributed by atoms with E-state index in [9.17, 15) is 0 Å². The highest BCUT2D eigenvalue weighted by atomic mass is 14.9. The Morgan fingerprint density at radius 3 is 2.93 bits per heavy atom. The molecule has 4 N–H and O–H groups in total. The lowest BCUT2D eigenvalue weighted by atomic mass is 10.2. The summed E-state index contributed by atoms with van der Waals surface area (Å²) in [5.74, 6) is 0.438. The van der Waals surface area contributed by atoms with E-state index in [0.29, 0.717) is 12.4 Å². The van der Waals surface area contributed by atoms with Crippen LogP contribution in [0.5, 0.6) is 0 Å². The van der Waals surface area contributed by atoms with Crippen molar-refractivity contribution in [2.75, 3.05) is 12.3 Å². The zero-order valence-corrected chi connectivity index (χ0v) is 8.22. The maximum absolute atomic E-state index is 5.54. The summed E-state index contributed by atoms with van der Waals surface area (Å²) in [4.78, 5) is 8.36. The van der Waals surface area contributed by atoms with Crippen LogP contribution in [0, 0.1) is 0 Å². The van der Waals surface area contributed by atoms with Gasteiger partial charge in [0, 0.05) is 6.54 Å². The SMILES string of the molecule is NC/C=C/c1ccc2nc(N)cnc2c1. The van der Waals surface area contributed by atoms with Gasteiger partial charge < -0.3 is 11.5 Å². The van der Waals surface area contributed by atoms with E-state index in [0.717, 1.165) is 16.6 Å². The Morgan fingerprint density at radius 1 is 1.27 bits per heavy atom. The molecule has 4 heteroatoms. The van der Waals surface area contributed by atoms with Gasteiger partial charge in [0.05, 0.1) is 17.2 Å². The van der Waals surface area contributed by atoms with Gasteiger partial charge in [-0.2, -0.15) is 0 Å². The Hall–Kier alpha value is -1.94. The minimum absolute atomic E-state index is 0.438. The van der Waals surface area contributed by atoms with Crippen molar-refractivity contribution in [2.24, 2.45) is 5.73 Å². The Morgan fingerprint density at radius 2 is 2.13 bits per heavy atom. The van der Waals surface area contributed by atoms with Gasteiger partial charge in [-0.25, -0.2) is 4.98 Å². The molecule has 0 saturated carbocycles. The topological polar surface area (TPSA) is 77.8 Å². The number of nitrogens with two attached hydrogens (primary N) is 2. The first-order valence-electron chi connectivity index (χ1n) is 4.68. The van der Waals surface area contributed by atoms with Crippen molar-refractivity contribution in [3.63, 3.8) is 0 Å². The van der Waals surface area contributed by atoms with Crippen molar-refractivity contribution in [1.29, 1.82) is 0 Å². The van der Waals surface area contributed by atoms with Crippen molar-refractivity contribution >= 4 is 22.9 Å². The van der Waals surface area contributed by atoms with Crippen LogP contribution in [0.3, 0.4) is 0 Å². The Labute approximate surface area is 87.6 Å². The van der Waals surface area contributed by atoms with Gasteiger partial charge in [-0.1, -0.05) is 18.2 Å². The smallest absolute Gasteiger partial charge is 0.142 e. The van der Waals surface area contributed by atoms with Gasteiger partial charge in [-0.15, -0.1) is 0 Å². The molecule has 2 rings (SSSR count).